The van der Waals surface area contributed by atoms with Crippen molar-refractivity contribution in [2.45, 2.75) is 37.3 Å². The van der Waals surface area contributed by atoms with Gasteiger partial charge in [-0.15, -0.1) is 0 Å². The number of alkyl halides is 6. The fourth-order valence-electron chi connectivity index (χ4n) is 5.55. The van der Waals surface area contributed by atoms with Gasteiger partial charge in [0, 0.05) is 13.6 Å². The molecule has 6 nitrogen and oxygen atoms in total. The first-order valence-corrected chi connectivity index (χ1v) is 13.3. The van der Waals surface area contributed by atoms with Crippen molar-refractivity contribution in [2.24, 2.45) is 13.0 Å². The van der Waals surface area contributed by atoms with Crippen LogP contribution in [0.2, 0.25) is 0 Å². The Balaban J connectivity index is 1.35. The van der Waals surface area contributed by atoms with Gasteiger partial charge in [0.2, 0.25) is 0 Å². The molecule has 3 aromatic carbocycles. The van der Waals surface area contributed by atoms with E-state index in [-0.39, 0.29) is 16.8 Å². The van der Waals surface area contributed by atoms with E-state index >= 15 is 0 Å². The van der Waals surface area contributed by atoms with E-state index in [9.17, 15) is 36.2 Å². The molecule has 0 atom stereocenters. The van der Waals surface area contributed by atoms with E-state index in [1.165, 1.54) is 39.8 Å². The standard InChI is InChI=1S/C30H28F6N4O2/c1-38-27(41)40(19-37-38)26-12-2-20(3-13-26)18-39-16-14-23(15-17-39)28(42,21-4-8-24(9-5-21)29(31,32)33)22-6-10-25(11-7-22)30(34,35)36/h2-13,19,23,42H,14-18H2,1H3. The minimum Gasteiger partial charge on any atom is -0.380 e. The van der Waals surface area contributed by atoms with Gasteiger partial charge in [0.05, 0.1) is 16.8 Å². The number of aliphatic hydroxyl groups is 1. The number of halogens is 6. The number of hydrogen-bond acceptors (Lipinski definition) is 4. The van der Waals surface area contributed by atoms with Crippen LogP contribution in [0, 0.1) is 5.92 Å². The molecule has 1 aliphatic heterocycles. The largest absolute Gasteiger partial charge is 0.416 e. The summed E-state index contributed by atoms with van der Waals surface area (Å²) in [6.07, 6.45) is -6.77. The molecule has 2 heterocycles. The summed E-state index contributed by atoms with van der Waals surface area (Å²) in [6, 6.07) is 15.7. The fourth-order valence-corrected chi connectivity index (χ4v) is 5.55. The van der Waals surface area contributed by atoms with Crippen LogP contribution in [-0.4, -0.2) is 37.4 Å². The molecule has 1 fully saturated rings. The van der Waals surface area contributed by atoms with E-state index in [1.807, 2.05) is 24.3 Å². The number of nitrogens with zero attached hydrogens (tertiary/aromatic N) is 4. The molecule has 12 heteroatoms. The maximum absolute atomic E-state index is 13.2. The number of benzene rings is 3. The molecule has 0 bridgehead atoms. The molecule has 0 unspecified atom stereocenters. The second-order valence-electron chi connectivity index (χ2n) is 10.5. The van der Waals surface area contributed by atoms with Crippen LogP contribution in [0.1, 0.15) is 40.7 Å². The van der Waals surface area contributed by atoms with Gasteiger partial charge in [-0.3, -0.25) is 4.90 Å². The smallest absolute Gasteiger partial charge is 0.380 e. The van der Waals surface area contributed by atoms with Crippen molar-refractivity contribution < 1.29 is 31.4 Å². The minimum absolute atomic E-state index is 0.190. The summed E-state index contributed by atoms with van der Waals surface area (Å²) >= 11 is 0. The second-order valence-corrected chi connectivity index (χ2v) is 10.5. The van der Waals surface area contributed by atoms with Crippen LogP contribution in [0.15, 0.2) is 83.9 Å². The monoisotopic (exact) mass is 590 g/mol. The second kappa shape index (κ2) is 11.1. The van der Waals surface area contributed by atoms with Crippen molar-refractivity contribution in [3.8, 4) is 5.69 Å². The third-order valence-electron chi connectivity index (χ3n) is 7.93. The van der Waals surface area contributed by atoms with Crippen LogP contribution in [0.5, 0.6) is 0 Å². The zero-order valence-corrected chi connectivity index (χ0v) is 22.5. The topological polar surface area (TPSA) is 63.3 Å². The Morgan fingerprint density at radius 3 is 1.62 bits per heavy atom. The lowest BCUT2D eigenvalue weighted by Gasteiger charge is -2.42. The first-order chi connectivity index (χ1) is 19.8. The average molecular weight is 591 g/mol. The Bertz CT molecular complexity index is 1510. The Kier molecular flexibility index (Phi) is 7.80. The third-order valence-corrected chi connectivity index (χ3v) is 7.93. The first kappa shape index (κ1) is 29.6. The summed E-state index contributed by atoms with van der Waals surface area (Å²) in [7, 11) is 1.56. The molecule has 0 saturated carbocycles. The highest BCUT2D eigenvalue weighted by molar-refractivity contribution is 5.41. The molecular weight excluding hydrogens is 562 g/mol. The fraction of sp³-hybridized carbons (Fsp3) is 0.333. The van der Waals surface area contributed by atoms with Gasteiger partial charge < -0.3 is 5.11 Å². The number of aromatic nitrogens is 3. The summed E-state index contributed by atoms with van der Waals surface area (Å²) in [5.41, 5.74) is -1.77. The van der Waals surface area contributed by atoms with E-state index in [0.29, 0.717) is 38.2 Å². The van der Waals surface area contributed by atoms with Gasteiger partial charge in [-0.2, -0.15) is 31.4 Å². The van der Waals surface area contributed by atoms with Crippen molar-refractivity contribution in [1.29, 1.82) is 0 Å². The van der Waals surface area contributed by atoms with Crippen LogP contribution in [-0.2, 0) is 31.5 Å². The van der Waals surface area contributed by atoms with E-state index in [4.69, 9.17) is 0 Å². The lowest BCUT2D eigenvalue weighted by molar-refractivity contribution is -0.138. The van der Waals surface area contributed by atoms with Gasteiger partial charge in [-0.1, -0.05) is 36.4 Å². The van der Waals surface area contributed by atoms with Crippen LogP contribution >= 0.6 is 0 Å². The van der Waals surface area contributed by atoms with Crippen molar-refractivity contribution >= 4 is 0 Å². The van der Waals surface area contributed by atoms with E-state index in [0.717, 1.165) is 29.8 Å². The van der Waals surface area contributed by atoms with E-state index in [2.05, 4.69) is 10.00 Å². The predicted octanol–water partition coefficient (Wildman–Crippen LogP) is 5.76. The summed E-state index contributed by atoms with van der Waals surface area (Å²) in [5.74, 6) is -0.456. The molecule has 222 valence electrons. The normalized spacial score (nSPS) is 15.7. The molecule has 0 spiro atoms. The number of hydrogen-bond donors (Lipinski definition) is 1. The number of rotatable bonds is 6. The molecule has 1 N–H and O–H groups in total. The molecular formula is C30H28F6N4O2. The van der Waals surface area contributed by atoms with Gasteiger partial charge in [0.25, 0.3) is 0 Å². The lowest BCUT2D eigenvalue weighted by atomic mass is 9.71. The van der Waals surface area contributed by atoms with Gasteiger partial charge in [0.15, 0.2) is 0 Å². The summed E-state index contributed by atoms with van der Waals surface area (Å²) in [5, 5.41) is 16.0. The maximum atomic E-state index is 13.2. The van der Waals surface area contributed by atoms with Crippen LogP contribution in [0.25, 0.3) is 5.69 Å². The van der Waals surface area contributed by atoms with Crippen LogP contribution < -0.4 is 5.69 Å². The van der Waals surface area contributed by atoms with Gasteiger partial charge in [-0.25, -0.2) is 14.0 Å². The zero-order chi connectivity index (χ0) is 30.3. The number of likely N-dealkylation sites (tertiary alicyclic amines) is 1. The molecule has 0 aliphatic carbocycles. The Hall–Kier alpha value is -3.90. The van der Waals surface area contributed by atoms with Crippen molar-refractivity contribution in [2.75, 3.05) is 13.1 Å². The summed E-state index contributed by atoms with van der Waals surface area (Å²) < 4.78 is 81.9. The zero-order valence-electron chi connectivity index (χ0n) is 22.5. The Morgan fingerprint density at radius 1 is 0.762 bits per heavy atom. The van der Waals surface area contributed by atoms with Gasteiger partial charge in [-0.05, 0) is 84.9 Å². The molecule has 5 rings (SSSR count). The minimum atomic E-state index is -4.57. The maximum Gasteiger partial charge on any atom is 0.416 e. The summed E-state index contributed by atoms with van der Waals surface area (Å²) in [6.45, 7) is 1.70. The van der Waals surface area contributed by atoms with Crippen molar-refractivity contribution in [3.05, 3.63) is 117 Å². The molecule has 0 amide bonds. The van der Waals surface area contributed by atoms with Crippen LogP contribution in [0.3, 0.4) is 0 Å². The Labute approximate surface area is 237 Å². The molecule has 1 saturated heterocycles. The lowest BCUT2D eigenvalue weighted by Crippen LogP contribution is -2.44. The summed E-state index contributed by atoms with van der Waals surface area (Å²) in [4.78, 5) is 14.3. The molecule has 1 aliphatic rings. The SMILES string of the molecule is Cn1ncn(-c2ccc(CN3CCC(C(O)(c4ccc(C(F)(F)F)cc4)c4ccc(C(F)(F)F)cc4)CC3)cc2)c1=O. The van der Waals surface area contributed by atoms with E-state index < -0.39 is 35.0 Å². The molecule has 4 aromatic rings. The van der Waals surface area contributed by atoms with E-state index in [1.54, 1.807) is 7.05 Å². The van der Waals surface area contributed by atoms with Crippen molar-refractivity contribution in [1.82, 2.24) is 19.2 Å². The highest BCUT2D eigenvalue weighted by Crippen LogP contribution is 2.44. The average Bonchev–Trinajstić information content (AvgIpc) is 3.30. The first-order valence-electron chi connectivity index (χ1n) is 13.3. The number of aryl methyl sites for hydroxylation is 1. The van der Waals surface area contributed by atoms with Crippen molar-refractivity contribution in [3.63, 3.8) is 0 Å². The Morgan fingerprint density at radius 2 is 1.21 bits per heavy atom. The van der Waals surface area contributed by atoms with Gasteiger partial charge >= 0.3 is 18.0 Å². The quantitative estimate of drug-likeness (QED) is 0.291. The van der Waals surface area contributed by atoms with Gasteiger partial charge in [0.1, 0.15) is 11.9 Å². The van der Waals surface area contributed by atoms with Crippen LogP contribution in [0.4, 0.5) is 26.3 Å². The predicted molar refractivity (Wildman–Crippen MR) is 143 cm³/mol. The molecule has 42 heavy (non-hydrogen) atoms. The molecule has 1 aromatic heterocycles. The third kappa shape index (κ3) is 5.86. The highest BCUT2D eigenvalue weighted by atomic mass is 19.4. The highest BCUT2D eigenvalue weighted by Gasteiger charge is 2.43. The molecule has 0 radical (unpaired) electrons. The number of piperidine rings is 1.